The molecule has 2 aliphatic rings. The Balaban J connectivity index is 0.000000174. The lowest BCUT2D eigenvalue weighted by atomic mass is 9.95. The largest absolute Gasteiger partial charge is 0.318 e. The van der Waals surface area contributed by atoms with Gasteiger partial charge in [0.1, 0.15) is 0 Å². The predicted octanol–water partition coefficient (Wildman–Crippen LogP) is 5.22. The van der Waals surface area contributed by atoms with Crippen LogP contribution < -0.4 is 0 Å². The molecule has 0 aliphatic carbocycles. The molecule has 0 atom stereocenters. The number of carbonyl (C=O) groups excluding carboxylic acids is 4. The Morgan fingerprint density at radius 1 is 0.605 bits per heavy atom. The lowest BCUT2D eigenvalue weighted by molar-refractivity contribution is -0.0377. The number of imide groups is 2. The maximum Gasteiger partial charge on any atom is 0.318 e. The van der Waals surface area contributed by atoms with Gasteiger partial charge in [0, 0.05) is 10.8 Å². The van der Waals surface area contributed by atoms with Gasteiger partial charge in [-0.25, -0.2) is 0 Å². The van der Waals surface area contributed by atoms with Crippen molar-refractivity contribution >= 4 is 61.4 Å². The van der Waals surface area contributed by atoms with E-state index in [-0.39, 0.29) is 21.1 Å². The fraction of sp³-hybridized carbons (Fsp3) is 0. The maximum absolute atomic E-state index is 12.7. The zero-order chi connectivity index (χ0) is 30.5. The van der Waals surface area contributed by atoms with Gasteiger partial charge in [-0.2, -0.15) is 8.42 Å². The zero-order valence-corrected chi connectivity index (χ0v) is 22.9. The molecule has 43 heavy (non-hydrogen) atoms. The van der Waals surface area contributed by atoms with Crippen molar-refractivity contribution in [1.82, 2.24) is 10.1 Å². The van der Waals surface area contributed by atoms with Gasteiger partial charge in [0.25, 0.3) is 23.6 Å². The van der Waals surface area contributed by atoms with Crippen molar-refractivity contribution in [1.29, 1.82) is 0 Å². The second-order valence-corrected chi connectivity index (χ2v) is 11.1. The van der Waals surface area contributed by atoms with Crippen LogP contribution in [-0.4, -0.2) is 47.4 Å². The Labute approximate surface area is 244 Å². The molecule has 0 fully saturated rings. The first-order valence-corrected chi connectivity index (χ1v) is 14.2. The summed E-state index contributed by atoms with van der Waals surface area (Å²) in [7, 11) is -4.37. The topological polar surface area (TPSA) is 138 Å². The molecule has 2 heterocycles. The minimum atomic E-state index is -4.37. The quantitative estimate of drug-likeness (QED) is 0.221. The van der Waals surface area contributed by atoms with Gasteiger partial charge in [-0.05, 0) is 52.7 Å². The van der Waals surface area contributed by atoms with Gasteiger partial charge >= 0.3 is 10.1 Å². The molecule has 0 aromatic heterocycles. The van der Waals surface area contributed by atoms with Crippen LogP contribution in [0.1, 0.15) is 47.0 Å². The van der Waals surface area contributed by atoms with E-state index in [1.807, 2.05) is 12.1 Å². The molecule has 0 bridgehead atoms. The van der Waals surface area contributed by atoms with E-state index < -0.39 is 33.7 Å². The van der Waals surface area contributed by atoms with E-state index in [9.17, 15) is 32.8 Å². The number of hydrogen-bond donors (Lipinski definition) is 1. The van der Waals surface area contributed by atoms with Crippen LogP contribution in [0.4, 0.5) is 0 Å². The third-order valence-electron chi connectivity index (χ3n) is 7.06. The molecule has 0 spiro atoms. The normalized spacial score (nSPS) is 14.2. The summed E-state index contributed by atoms with van der Waals surface area (Å²) in [5, 5.41) is 12.5. The van der Waals surface area contributed by atoms with Crippen molar-refractivity contribution < 1.29 is 37.1 Å². The molecule has 0 radical (unpaired) electrons. The van der Waals surface area contributed by atoms with E-state index in [0.717, 1.165) is 10.9 Å². The van der Waals surface area contributed by atoms with Crippen LogP contribution in [-0.2, 0) is 14.4 Å². The SMILES string of the molecule is C=Cc1ccc(S(=O)(=O)ON2C(=O)c3cccc4cccc(c34)C2=O)cc1.O=C1c2cccc3cccc(c23)C(=O)N1O. The lowest BCUT2D eigenvalue weighted by Gasteiger charge is -2.25. The van der Waals surface area contributed by atoms with Crippen LogP contribution in [0.5, 0.6) is 0 Å². The van der Waals surface area contributed by atoms with Crippen molar-refractivity contribution in [3.8, 4) is 0 Å². The molecule has 0 saturated carbocycles. The Hall–Kier alpha value is -5.49. The zero-order valence-electron chi connectivity index (χ0n) is 22.1. The van der Waals surface area contributed by atoms with Crippen molar-refractivity contribution in [2.75, 3.05) is 0 Å². The van der Waals surface area contributed by atoms with E-state index in [2.05, 4.69) is 6.58 Å². The Kier molecular flexibility index (Phi) is 6.70. The summed E-state index contributed by atoms with van der Waals surface area (Å²) in [4.78, 5) is 48.6. The molecule has 10 nitrogen and oxygen atoms in total. The predicted molar refractivity (Wildman–Crippen MR) is 155 cm³/mol. The Morgan fingerprint density at radius 3 is 1.40 bits per heavy atom. The molecule has 5 aromatic rings. The van der Waals surface area contributed by atoms with Gasteiger partial charge in [-0.3, -0.25) is 24.4 Å². The summed E-state index contributed by atoms with van der Waals surface area (Å²) in [5.74, 6) is -2.99. The Bertz CT molecular complexity index is 2040. The van der Waals surface area contributed by atoms with Crippen molar-refractivity contribution in [3.05, 3.63) is 131 Å². The van der Waals surface area contributed by atoms with Gasteiger partial charge in [-0.1, -0.05) is 73.3 Å². The van der Waals surface area contributed by atoms with Crippen molar-refractivity contribution in [3.63, 3.8) is 0 Å². The number of hydrogen-bond acceptors (Lipinski definition) is 8. The standard InChI is InChI=1S/C20H13NO5S.C12H7NO3/c1-2-13-9-11-15(12-10-13)27(24,25)26-21-19(22)16-7-3-5-14-6-4-8-17(18(14)16)20(21)23;14-11-8-5-1-3-7-4-2-6-9(10(7)8)12(15)13(11)16/h2-12H,1H2;1-6,16H. The number of carbonyl (C=O) groups is 4. The van der Waals surface area contributed by atoms with E-state index in [0.29, 0.717) is 32.3 Å². The highest BCUT2D eigenvalue weighted by Crippen LogP contribution is 2.32. The highest BCUT2D eigenvalue weighted by atomic mass is 32.2. The lowest BCUT2D eigenvalue weighted by Crippen LogP contribution is -2.41. The number of benzene rings is 5. The third kappa shape index (κ3) is 4.57. The van der Waals surface area contributed by atoms with Crippen LogP contribution in [0.15, 0.2) is 109 Å². The van der Waals surface area contributed by atoms with Crippen molar-refractivity contribution in [2.45, 2.75) is 4.90 Å². The smallest absolute Gasteiger partial charge is 0.278 e. The summed E-state index contributed by atoms with van der Waals surface area (Å²) < 4.78 is 30.0. The Morgan fingerprint density at radius 2 is 1.00 bits per heavy atom. The number of rotatable bonds is 4. The van der Waals surface area contributed by atoms with Crippen LogP contribution in [0.25, 0.3) is 27.6 Å². The second kappa shape index (κ2) is 10.4. The van der Waals surface area contributed by atoms with E-state index in [4.69, 9.17) is 4.28 Å². The van der Waals surface area contributed by atoms with Gasteiger partial charge in [-0.15, -0.1) is 14.4 Å². The molecular weight excluding hydrogens is 572 g/mol. The van der Waals surface area contributed by atoms with E-state index >= 15 is 0 Å². The molecule has 0 saturated heterocycles. The maximum atomic E-state index is 12.7. The summed E-state index contributed by atoms with van der Waals surface area (Å²) >= 11 is 0. The highest BCUT2D eigenvalue weighted by molar-refractivity contribution is 7.86. The first-order valence-electron chi connectivity index (χ1n) is 12.8. The second-order valence-electron chi connectivity index (χ2n) is 9.55. The minimum absolute atomic E-state index is 0.164. The molecule has 1 N–H and O–H groups in total. The molecule has 2 aliphatic heterocycles. The third-order valence-corrected chi connectivity index (χ3v) is 8.26. The van der Waals surface area contributed by atoms with Gasteiger partial charge in [0.2, 0.25) is 0 Å². The first-order chi connectivity index (χ1) is 20.6. The number of amides is 4. The minimum Gasteiger partial charge on any atom is -0.278 e. The van der Waals surface area contributed by atoms with E-state index in [1.54, 1.807) is 66.7 Å². The van der Waals surface area contributed by atoms with Crippen LogP contribution in [0.2, 0.25) is 0 Å². The molecule has 4 amide bonds. The summed E-state index contributed by atoms with van der Waals surface area (Å²) in [6.07, 6.45) is 1.56. The molecule has 0 unspecified atom stereocenters. The van der Waals surface area contributed by atoms with Crippen LogP contribution >= 0.6 is 0 Å². The van der Waals surface area contributed by atoms with Gasteiger partial charge in [0.05, 0.1) is 27.1 Å². The van der Waals surface area contributed by atoms with Gasteiger partial charge in [0.15, 0.2) is 0 Å². The molecular formula is C32H20N2O8S. The summed E-state index contributed by atoms with van der Waals surface area (Å²) in [6, 6.07) is 26.0. The molecule has 7 rings (SSSR count). The highest BCUT2D eigenvalue weighted by Gasteiger charge is 2.37. The summed E-state index contributed by atoms with van der Waals surface area (Å²) in [6.45, 7) is 3.60. The fourth-order valence-corrected chi connectivity index (χ4v) is 5.89. The number of nitrogens with zero attached hydrogens (tertiary/aromatic N) is 2. The van der Waals surface area contributed by atoms with Crippen LogP contribution in [0.3, 0.4) is 0 Å². The average molecular weight is 593 g/mol. The molecule has 212 valence electrons. The van der Waals surface area contributed by atoms with Crippen molar-refractivity contribution in [2.24, 2.45) is 0 Å². The van der Waals surface area contributed by atoms with Crippen LogP contribution in [0, 0.1) is 0 Å². The number of hydroxylamine groups is 4. The van der Waals surface area contributed by atoms with E-state index in [1.165, 1.54) is 24.3 Å². The average Bonchev–Trinajstić information content (AvgIpc) is 3.03. The monoisotopic (exact) mass is 592 g/mol. The summed E-state index contributed by atoms with van der Waals surface area (Å²) in [5.41, 5.74) is 1.85. The fourth-order valence-electron chi connectivity index (χ4n) is 5.01. The molecule has 11 heteroatoms. The van der Waals surface area contributed by atoms with Gasteiger partial charge < -0.3 is 0 Å². The first kappa shape index (κ1) is 27.7. The molecule has 5 aromatic carbocycles.